The Labute approximate surface area is 168 Å². The van der Waals surface area contributed by atoms with E-state index in [2.05, 4.69) is 15.6 Å². The van der Waals surface area contributed by atoms with Crippen LogP contribution in [0.5, 0.6) is 0 Å². The van der Waals surface area contributed by atoms with Gasteiger partial charge in [0.1, 0.15) is 0 Å². The standard InChI is InChI=1S/C22H18ClN3O2/c23-18-8-3-16(4-9-18)5-12-21(27)17-6-10-19(11-7-17)26-22(28)15-25-20-2-1-13-24-14-20/h1-14,25H,15H2,(H,26,28)/b12-5+. The quantitative estimate of drug-likeness (QED) is 0.453. The van der Waals surface area contributed by atoms with Gasteiger partial charge in [-0.2, -0.15) is 0 Å². The van der Waals surface area contributed by atoms with Crippen molar-refractivity contribution >= 4 is 40.7 Å². The molecule has 0 bridgehead atoms. The van der Waals surface area contributed by atoms with E-state index in [4.69, 9.17) is 11.6 Å². The molecule has 0 radical (unpaired) electrons. The number of rotatable bonds is 7. The zero-order valence-corrected chi connectivity index (χ0v) is 15.7. The van der Waals surface area contributed by atoms with Gasteiger partial charge in [-0.05, 0) is 60.2 Å². The maximum Gasteiger partial charge on any atom is 0.243 e. The molecule has 0 fully saturated rings. The number of nitrogens with one attached hydrogen (secondary N) is 2. The van der Waals surface area contributed by atoms with E-state index < -0.39 is 0 Å². The third-order valence-electron chi connectivity index (χ3n) is 3.86. The van der Waals surface area contributed by atoms with Crippen LogP contribution in [0.3, 0.4) is 0 Å². The molecule has 0 saturated heterocycles. The minimum Gasteiger partial charge on any atom is -0.375 e. The van der Waals surface area contributed by atoms with Crippen LogP contribution in [0.25, 0.3) is 6.08 Å². The van der Waals surface area contributed by atoms with Crippen LogP contribution in [0.1, 0.15) is 15.9 Å². The number of ketones is 1. The lowest BCUT2D eigenvalue weighted by Gasteiger charge is -2.07. The molecule has 1 aromatic heterocycles. The average Bonchev–Trinajstić information content (AvgIpc) is 2.73. The molecule has 1 heterocycles. The van der Waals surface area contributed by atoms with Gasteiger partial charge in [0.2, 0.25) is 5.91 Å². The summed E-state index contributed by atoms with van der Waals surface area (Å²) < 4.78 is 0. The summed E-state index contributed by atoms with van der Waals surface area (Å²) in [6.45, 7) is 0.121. The molecule has 0 spiro atoms. The van der Waals surface area contributed by atoms with Crippen molar-refractivity contribution in [3.63, 3.8) is 0 Å². The first kappa shape index (κ1) is 19.3. The fourth-order valence-electron chi connectivity index (χ4n) is 2.41. The molecule has 28 heavy (non-hydrogen) atoms. The molecule has 2 N–H and O–H groups in total. The molecule has 2 aromatic carbocycles. The van der Waals surface area contributed by atoms with Gasteiger partial charge >= 0.3 is 0 Å². The van der Waals surface area contributed by atoms with Crippen LogP contribution in [0.2, 0.25) is 5.02 Å². The maximum atomic E-state index is 12.3. The number of benzene rings is 2. The average molecular weight is 392 g/mol. The van der Waals surface area contributed by atoms with Gasteiger partial charge in [-0.3, -0.25) is 14.6 Å². The van der Waals surface area contributed by atoms with Crippen LogP contribution in [-0.2, 0) is 4.79 Å². The van der Waals surface area contributed by atoms with Crippen molar-refractivity contribution in [3.8, 4) is 0 Å². The van der Waals surface area contributed by atoms with Crippen LogP contribution in [0.4, 0.5) is 11.4 Å². The number of nitrogens with zero attached hydrogens (tertiary/aromatic N) is 1. The number of aromatic nitrogens is 1. The van der Waals surface area contributed by atoms with E-state index in [1.54, 1.807) is 60.9 Å². The third kappa shape index (κ3) is 5.79. The first-order valence-electron chi connectivity index (χ1n) is 8.62. The molecule has 1 amide bonds. The van der Waals surface area contributed by atoms with Gasteiger partial charge in [0.25, 0.3) is 0 Å². The van der Waals surface area contributed by atoms with Crippen molar-refractivity contribution in [2.45, 2.75) is 0 Å². The third-order valence-corrected chi connectivity index (χ3v) is 4.12. The monoisotopic (exact) mass is 391 g/mol. The van der Waals surface area contributed by atoms with E-state index in [1.807, 2.05) is 18.2 Å². The molecular weight excluding hydrogens is 374 g/mol. The molecular formula is C22H18ClN3O2. The van der Waals surface area contributed by atoms with Gasteiger partial charge in [-0.15, -0.1) is 0 Å². The highest BCUT2D eigenvalue weighted by Crippen LogP contribution is 2.13. The van der Waals surface area contributed by atoms with Crippen molar-refractivity contribution in [2.75, 3.05) is 17.2 Å². The summed E-state index contributed by atoms with van der Waals surface area (Å²) in [5.74, 6) is -0.309. The molecule has 0 atom stereocenters. The largest absolute Gasteiger partial charge is 0.375 e. The fourth-order valence-corrected chi connectivity index (χ4v) is 2.54. The molecule has 3 rings (SSSR count). The Kier molecular flexibility index (Phi) is 6.54. The predicted octanol–water partition coefficient (Wildman–Crippen LogP) is 4.68. The SMILES string of the molecule is O=C(CNc1cccnc1)Nc1ccc(C(=O)/C=C/c2ccc(Cl)cc2)cc1. The summed E-state index contributed by atoms with van der Waals surface area (Å²) in [5, 5.41) is 6.41. The molecule has 0 saturated carbocycles. The van der Waals surface area contributed by atoms with Crippen LogP contribution in [-0.4, -0.2) is 23.2 Å². The molecule has 5 nitrogen and oxygen atoms in total. The molecule has 0 aliphatic carbocycles. The molecule has 3 aromatic rings. The van der Waals surface area contributed by atoms with Crippen LogP contribution in [0, 0.1) is 0 Å². The fraction of sp³-hybridized carbons (Fsp3) is 0.0455. The van der Waals surface area contributed by atoms with Crippen LogP contribution < -0.4 is 10.6 Å². The Morgan fingerprint density at radius 2 is 1.71 bits per heavy atom. The van der Waals surface area contributed by atoms with Crippen molar-refractivity contribution in [1.29, 1.82) is 0 Å². The summed E-state index contributed by atoms with van der Waals surface area (Å²) in [6.07, 6.45) is 6.55. The van der Waals surface area contributed by atoms with Gasteiger partial charge in [0.05, 0.1) is 12.2 Å². The summed E-state index contributed by atoms with van der Waals surface area (Å²) in [7, 11) is 0. The Hall–Kier alpha value is -3.44. The topological polar surface area (TPSA) is 71.1 Å². The number of carbonyl (C=O) groups excluding carboxylic acids is 2. The Bertz CT molecular complexity index is 969. The van der Waals surface area contributed by atoms with E-state index in [-0.39, 0.29) is 18.2 Å². The smallest absolute Gasteiger partial charge is 0.243 e. The molecule has 6 heteroatoms. The van der Waals surface area contributed by atoms with Crippen molar-refractivity contribution in [1.82, 2.24) is 4.98 Å². The summed E-state index contributed by atoms with van der Waals surface area (Å²) in [5.41, 5.74) is 2.82. The first-order valence-corrected chi connectivity index (χ1v) is 9.00. The highest BCUT2D eigenvalue weighted by Gasteiger charge is 2.05. The normalized spacial score (nSPS) is 10.6. The molecule has 140 valence electrons. The second kappa shape index (κ2) is 9.48. The van der Waals surface area contributed by atoms with E-state index in [9.17, 15) is 9.59 Å². The number of anilines is 2. The number of hydrogen-bond acceptors (Lipinski definition) is 4. The second-order valence-electron chi connectivity index (χ2n) is 5.97. The lowest BCUT2D eigenvalue weighted by molar-refractivity contribution is -0.114. The Morgan fingerprint density at radius 1 is 0.964 bits per heavy atom. The minimum absolute atomic E-state index is 0.119. The van der Waals surface area contributed by atoms with E-state index in [0.29, 0.717) is 16.3 Å². The van der Waals surface area contributed by atoms with Crippen molar-refractivity contribution in [2.24, 2.45) is 0 Å². The number of hydrogen-bond donors (Lipinski definition) is 2. The maximum absolute atomic E-state index is 12.3. The Balaban J connectivity index is 1.53. The zero-order chi connectivity index (χ0) is 19.8. The summed E-state index contributed by atoms with van der Waals surface area (Å²) in [6, 6.07) is 17.6. The van der Waals surface area contributed by atoms with E-state index >= 15 is 0 Å². The van der Waals surface area contributed by atoms with Crippen molar-refractivity contribution in [3.05, 3.63) is 95.3 Å². The second-order valence-corrected chi connectivity index (χ2v) is 6.41. The van der Waals surface area contributed by atoms with Gasteiger partial charge in [-0.1, -0.05) is 29.8 Å². The predicted molar refractivity (Wildman–Crippen MR) is 113 cm³/mol. The van der Waals surface area contributed by atoms with Crippen LogP contribution >= 0.6 is 11.6 Å². The highest BCUT2D eigenvalue weighted by molar-refractivity contribution is 6.30. The van der Waals surface area contributed by atoms with Crippen molar-refractivity contribution < 1.29 is 9.59 Å². The van der Waals surface area contributed by atoms with Crippen LogP contribution in [0.15, 0.2) is 79.1 Å². The molecule has 0 aliphatic rings. The van der Waals surface area contributed by atoms with E-state index in [0.717, 1.165) is 11.3 Å². The number of amides is 1. The minimum atomic E-state index is -0.189. The van der Waals surface area contributed by atoms with Gasteiger partial charge < -0.3 is 10.6 Å². The highest BCUT2D eigenvalue weighted by atomic mass is 35.5. The first-order chi connectivity index (χ1) is 13.6. The van der Waals surface area contributed by atoms with Gasteiger partial charge in [0.15, 0.2) is 5.78 Å². The van der Waals surface area contributed by atoms with E-state index in [1.165, 1.54) is 6.08 Å². The van der Waals surface area contributed by atoms with Gasteiger partial charge in [-0.25, -0.2) is 0 Å². The summed E-state index contributed by atoms with van der Waals surface area (Å²) in [4.78, 5) is 28.2. The lowest BCUT2D eigenvalue weighted by atomic mass is 10.1. The Morgan fingerprint density at radius 3 is 2.39 bits per heavy atom. The number of allylic oxidation sites excluding steroid dienone is 1. The number of halogens is 1. The molecule has 0 aliphatic heterocycles. The lowest BCUT2D eigenvalue weighted by Crippen LogP contribution is -2.21. The zero-order valence-electron chi connectivity index (χ0n) is 14.9. The molecule has 0 unspecified atom stereocenters. The number of pyridine rings is 1. The van der Waals surface area contributed by atoms with Gasteiger partial charge in [0, 0.05) is 28.7 Å². The summed E-state index contributed by atoms with van der Waals surface area (Å²) >= 11 is 5.84. The number of carbonyl (C=O) groups is 2.